The fourth-order valence-electron chi connectivity index (χ4n) is 4.39. The molecule has 2 fully saturated rings. The van der Waals surface area contributed by atoms with E-state index in [9.17, 15) is 9.59 Å². The van der Waals surface area contributed by atoms with E-state index < -0.39 is 5.25 Å². The molecule has 0 bridgehead atoms. The molecule has 1 saturated carbocycles. The first-order valence-corrected chi connectivity index (χ1v) is 12.5. The zero-order valence-electron chi connectivity index (χ0n) is 18.6. The average molecular weight is 450 g/mol. The minimum Gasteiger partial charge on any atom is -0.326 e. The number of hydrogen-bond donors (Lipinski definition) is 2. The predicted molar refractivity (Wildman–Crippen MR) is 133 cm³/mol. The second-order valence-corrected chi connectivity index (χ2v) is 9.83. The van der Waals surface area contributed by atoms with Gasteiger partial charge in [-0.2, -0.15) is 0 Å². The van der Waals surface area contributed by atoms with Crippen LogP contribution in [0.2, 0.25) is 0 Å². The number of rotatable bonds is 7. The summed E-state index contributed by atoms with van der Waals surface area (Å²) in [6.07, 6.45) is 8.76. The molecular formula is C26H31N3O2S. The number of carbonyl (C=O) groups is 2. The molecule has 4 rings (SSSR count). The van der Waals surface area contributed by atoms with Crippen LogP contribution in [0.15, 0.2) is 53.5 Å². The Morgan fingerprint density at radius 1 is 1.06 bits per heavy atom. The van der Waals surface area contributed by atoms with Crippen LogP contribution in [0.4, 0.5) is 11.4 Å². The molecule has 1 heterocycles. The van der Waals surface area contributed by atoms with Crippen LogP contribution in [-0.4, -0.2) is 22.2 Å². The van der Waals surface area contributed by atoms with Crippen LogP contribution in [0.5, 0.6) is 0 Å². The number of aryl methyl sites for hydroxylation is 1. The quantitative estimate of drug-likeness (QED) is 0.550. The van der Waals surface area contributed by atoms with Crippen molar-refractivity contribution >= 4 is 40.1 Å². The SMILES string of the molecule is CCCc1ccc(NC(=O)C[C@H]2SC(=Nc3ccc(C4CCCCC4)cc3)NC2=O)cc1. The molecule has 168 valence electrons. The molecule has 0 radical (unpaired) electrons. The Labute approximate surface area is 194 Å². The number of anilines is 1. The van der Waals surface area contributed by atoms with Gasteiger partial charge in [-0.25, -0.2) is 4.99 Å². The summed E-state index contributed by atoms with van der Waals surface area (Å²) in [5, 5.41) is 5.80. The predicted octanol–water partition coefficient (Wildman–Crippen LogP) is 5.93. The minimum absolute atomic E-state index is 0.118. The van der Waals surface area contributed by atoms with Gasteiger partial charge in [0.1, 0.15) is 5.25 Å². The molecule has 0 unspecified atom stereocenters. The molecule has 32 heavy (non-hydrogen) atoms. The van der Waals surface area contributed by atoms with E-state index in [2.05, 4.69) is 34.7 Å². The van der Waals surface area contributed by atoms with Crippen LogP contribution >= 0.6 is 11.8 Å². The Kier molecular flexibility index (Phi) is 7.63. The molecular weight excluding hydrogens is 418 g/mol. The highest BCUT2D eigenvalue weighted by atomic mass is 32.2. The first-order valence-electron chi connectivity index (χ1n) is 11.7. The maximum absolute atomic E-state index is 12.4. The van der Waals surface area contributed by atoms with Gasteiger partial charge in [-0.3, -0.25) is 9.59 Å². The van der Waals surface area contributed by atoms with Crippen molar-refractivity contribution in [3.05, 3.63) is 59.7 Å². The van der Waals surface area contributed by atoms with E-state index in [4.69, 9.17) is 0 Å². The van der Waals surface area contributed by atoms with Gasteiger partial charge in [0.25, 0.3) is 0 Å². The maximum Gasteiger partial charge on any atom is 0.240 e. The topological polar surface area (TPSA) is 70.6 Å². The first kappa shape index (κ1) is 22.6. The van der Waals surface area contributed by atoms with E-state index in [-0.39, 0.29) is 18.2 Å². The van der Waals surface area contributed by atoms with Crippen molar-refractivity contribution in [1.82, 2.24) is 5.32 Å². The molecule has 2 amide bonds. The highest BCUT2D eigenvalue weighted by Crippen LogP contribution is 2.33. The molecule has 1 atom stereocenters. The van der Waals surface area contributed by atoms with Gasteiger partial charge in [-0.1, -0.05) is 68.6 Å². The summed E-state index contributed by atoms with van der Waals surface area (Å²) in [4.78, 5) is 29.4. The largest absolute Gasteiger partial charge is 0.326 e. The molecule has 6 heteroatoms. The van der Waals surface area contributed by atoms with E-state index in [0.29, 0.717) is 11.1 Å². The molecule has 0 aromatic heterocycles. The van der Waals surface area contributed by atoms with E-state index >= 15 is 0 Å². The van der Waals surface area contributed by atoms with E-state index in [1.807, 2.05) is 36.4 Å². The summed E-state index contributed by atoms with van der Waals surface area (Å²) in [6.45, 7) is 2.14. The Hall–Kier alpha value is -2.60. The number of amides is 2. The van der Waals surface area contributed by atoms with Gasteiger partial charge in [0.2, 0.25) is 11.8 Å². The van der Waals surface area contributed by atoms with Crippen molar-refractivity contribution in [3.8, 4) is 0 Å². The Morgan fingerprint density at radius 2 is 1.78 bits per heavy atom. The third kappa shape index (κ3) is 6.00. The number of thioether (sulfide) groups is 1. The number of carbonyl (C=O) groups excluding carboxylic acids is 2. The molecule has 2 aromatic carbocycles. The van der Waals surface area contributed by atoms with Crippen molar-refractivity contribution in [2.45, 2.75) is 69.5 Å². The minimum atomic E-state index is -0.463. The summed E-state index contributed by atoms with van der Waals surface area (Å²) in [6, 6.07) is 16.2. The fraction of sp³-hybridized carbons (Fsp3) is 0.423. The lowest BCUT2D eigenvalue weighted by Gasteiger charge is -2.21. The summed E-state index contributed by atoms with van der Waals surface area (Å²) in [5.74, 6) is 0.330. The highest BCUT2D eigenvalue weighted by Gasteiger charge is 2.32. The third-order valence-corrected chi connectivity index (χ3v) is 7.21. The molecule has 2 aliphatic rings. The Balaban J connectivity index is 1.31. The third-order valence-electron chi connectivity index (χ3n) is 6.12. The molecule has 1 saturated heterocycles. The van der Waals surface area contributed by atoms with Gasteiger partial charge in [-0.15, -0.1) is 0 Å². The molecule has 1 aliphatic carbocycles. The molecule has 0 spiro atoms. The Bertz CT molecular complexity index is 964. The van der Waals surface area contributed by atoms with Gasteiger partial charge in [0, 0.05) is 12.1 Å². The van der Waals surface area contributed by atoms with Gasteiger partial charge in [-0.05, 0) is 60.6 Å². The van der Waals surface area contributed by atoms with Crippen molar-refractivity contribution in [2.75, 3.05) is 5.32 Å². The summed E-state index contributed by atoms with van der Waals surface area (Å²) in [7, 11) is 0. The molecule has 2 aromatic rings. The normalized spacial score (nSPS) is 20.3. The van der Waals surface area contributed by atoms with Crippen molar-refractivity contribution in [3.63, 3.8) is 0 Å². The number of aliphatic imine (C=N–C) groups is 1. The molecule has 2 N–H and O–H groups in total. The van der Waals surface area contributed by atoms with E-state index in [1.165, 1.54) is 55.0 Å². The fourth-order valence-corrected chi connectivity index (χ4v) is 5.38. The van der Waals surface area contributed by atoms with Crippen LogP contribution in [0.25, 0.3) is 0 Å². The lowest BCUT2D eigenvalue weighted by Crippen LogP contribution is -2.28. The second kappa shape index (κ2) is 10.8. The second-order valence-electron chi connectivity index (χ2n) is 8.64. The van der Waals surface area contributed by atoms with Gasteiger partial charge in [0.15, 0.2) is 5.17 Å². The van der Waals surface area contributed by atoms with Crippen molar-refractivity contribution in [2.24, 2.45) is 4.99 Å². The zero-order chi connectivity index (χ0) is 22.3. The standard InChI is InChI=1S/C26H31N3O2S/c1-2-6-18-9-13-21(14-10-18)27-24(30)17-23-25(31)29-26(32-23)28-22-15-11-20(12-16-22)19-7-4-3-5-8-19/h9-16,19,23H,2-8,17H2,1H3,(H,27,30)(H,28,29,31)/t23-/m1/s1. The van der Waals surface area contributed by atoms with Crippen LogP contribution in [0.1, 0.15) is 68.9 Å². The van der Waals surface area contributed by atoms with Crippen LogP contribution < -0.4 is 10.6 Å². The highest BCUT2D eigenvalue weighted by molar-refractivity contribution is 8.15. The summed E-state index contributed by atoms with van der Waals surface area (Å²) < 4.78 is 0. The van der Waals surface area contributed by atoms with E-state index in [1.54, 1.807) is 0 Å². The number of hydrogen-bond acceptors (Lipinski definition) is 4. The van der Waals surface area contributed by atoms with E-state index in [0.717, 1.165) is 24.2 Å². The molecule has 1 aliphatic heterocycles. The van der Waals surface area contributed by atoms with Crippen molar-refractivity contribution in [1.29, 1.82) is 0 Å². The average Bonchev–Trinajstić information content (AvgIpc) is 3.14. The summed E-state index contributed by atoms with van der Waals surface area (Å²) in [5.41, 5.74) is 4.22. The van der Waals surface area contributed by atoms with Gasteiger partial charge >= 0.3 is 0 Å². The van der Waals surface area contributed by atoms with Gasteiger partial charge in [0.05, 0.1) is 5.69 Å². The van der Waals surface area contributed by atoms with Gasteiger partial charge < -0.3 is 10.6 Å². The zero-order valence-corrected chi connectivity index (χ0v) is 19.4. The lowest BCUT2D eigenvalue weighted by molar-refractivity contribution is -0.122. The monoisotopic (exact) mass is 449 g/mol. The number of nitrogens with one attached hydrogen (secondary N) is 2. The smallest absolute Gasteiger partial charge is 0.240 e. The molecule has 5 nitrogen and oxygen atoms in total. The summed E-state index contributed by atoms with van der Waals surface area (Å²) >= 11 is 1.32. The van der Waals surface area contributed by atoms with Crippen LogP contribution in [-0.2, 0) is 16.0 Å². The van der Waals surface area contributed by atoms with Crippen LogP contribution in [0, 0.1) is 0 Å². The number of nitrogens with zero attached hydrogens (tertiary/aromatic N) is 1. The van der Waals surface area contributed by atoms with Crippen molar-refractivity contribution < 1.29 is 9.59 Å². The first-order chi connectivity index (χ1) is 15.6. The lowest BCUT2D eigenvalue weighted by atomic mass is 9.84. The van der Waals surface area contributed by atoms with Crippen LogP contribution in [0.3, 0.4) is 0 Å². The number of benzene rings is 2. The maximum atomic E-state index is 12.4. The Morgan fingerprint density at radius 3 is 2.47 bits per heavy atom. The number of amidine groups is 1.